The number of rotatable bonds is 7. The number of nitrogens with zero attached hydrogens (tertiary/aromatic N) is 3. The monoisotopic (exact) mass is 444 g/mol. The molecule has 0 bridgehead atoms. The van der Waals surface area contributed by atoms with Crippen LogP contribution < -0.4 is 15.4 Å². The third-order valence-electron chi connectivity index (χ3n) is 5.89. The highest BCUT2D eigenvalue weighted by Crippen LogP contribution is 2.39. The van der Waals surface area contributed by atoms with Crippen LogP contribution in [-0.2, 0) is 9.84 Å². The topological polar surface area (TPSA) is 115 Å². The van der Waals surface area contributed by atoms with Gasteiger partial charge in [0.05, 0.1) is 11.5 Å². The maximum atomic E-state index is 13.5. The fourth-order valence-electron chi connectivity index (χ4n) is 4.28. The summed E-state index contributed by atoms with van der Waals surface area (Å²) in [5, 5.41) is -0.186. The molecule has 2 N–H and O–H groups in total. The molecule has 1 amide bonds. The minimum Gasteiger partial charge on any atom is -0.477 e. The Balaban J connectivity index is 1.77. The summed E-state index contributed by atoms with van der Waals surface area (Å²) in [6.45, 7) is 7.39. The summed E-state index contributed by atoms with van der Waals surface area (Å²) in [7, 11) is -4.12. The van der Waals surface area contributed by atoms with Crippen LogP contribution in [0.2, 0.25) is 0 Å². The van der Waals surface area contributed by atoms with Crippen LogP contribution in [0.15, 0.2) is 40.4 Å². The second kappa shape index (κ2) is 7.78. The van der Waals surface area contributed by atoms with Crippen molar-refractivity contribution in [3.8, 4) is 5.88 Å². The van der Waals surface area contributed by atoms with Gasteiger partial charge in [0.25, 0.3) is 5.91 Å². The average molecular weight is 445 g/mol. The Morgan fingerprint density at radius 3 is 2.65 bits per heavy atom. The lowest BCUT2D eigenvalue weighted by Gasteiger charge is -2.33. The summed E-state index contributed by atoms with van der Waals surface area (Å²) in [4.78, 5) is 22.8. The SMILES string of the molecule is CC1CN(c2nccc(S(=O)(=O)c3cccc(OCC4CC4)n3)c2C(N)=O)C(C)(C)C1. The third-order valence-corrected chi connectivity index (χ3v) is 7.59. The molecule has 0 spiro atoms. The standard InChI is InChI=1S/C22H28N4O4S/c1-14-11-22(2,3)26(12-14)21-19(20(23)27)16(9-10-24-21)31(28,29)18-6-4-5-17(25-18)30-13-15-7-8-15/h4-6,9-10,14-15H,7-8,11-13H2,1-3H3,(H2,23,27). The molecule has 0 aromatic carbocycles. The number of hydrogen-bond donors (Lipinski definition) is 1. The molecule has 2 aromatic heterocycles. The van der Waals surface area contributed by atoms with E-state index in [-0.39, 0.29) is 26.9 Å². The van der Waals surface area contributed by atoms with E-state index >= 15 is 0 Å². The Kier molecular flexibility index (Phi) is 5.41. The van der Waals surface area contributed by atoms with Crippen molar-refractivity contribution in [1.29, 1.82) is 0 Å². The van der Waals surface area contributed by atoms with Gasteiger partial charge in [-0.1, -0.05) is 13.0 Å². The Labute approximate surface area is 182 Å². The van der Waals surface area contributed by atoms with Crippen LogP contribution in [0.1, 0.15) is 50.4 Å². The molecular formula is C22H28N4O4S. The molecule has 1 atom stereocenters. The van der Waals surface area contributed by atoms with Crippen molar-refractivity contribution in [2.75, 3.05) is 18.1 Å². The second-order valence-corrected chi connectivity index (χ2v) is 11.0. The fraction of sp³-hybridized carbons (Fsp3) is 0.500. The molecule has 0 radical (unpaired) electrons. The van der Waals surface area contributed by atoms with E-state index in [2.05, 4.69) is 16.9 Å². The van der Waals surface area contributed by atoms with Gasteiger partial charge in [-0.3, -0.25) is 4.79 Å². The van der Waals surface area contributed by atoms with Gasteiger partial charge in [-0.2, -0.15) is 0 Å². The van der Waals surface area contributed by atoms with Crippen LogP contribution >= 0.6 is 0 Å². The molecule has 2 fully saturated rings. The quantitative estimate of drug-likeness (QED) is 0.698. The van der Waals surface area contributed by atoms with Crippen molar-refractivity contribution < 1.29 is 17.9 Å². The molecule has 1 saturated heterocycles. The first-order valence-electron chi connectivity index (χ1n) is 10.5. The van der Waals surface area contributed by atoms with Crippen molar-refractivity contribution in [1.82, 2.24) is 9.97 Å². The molecule has 8 nitrogen and oxygen atoms in total. The molecular weight excluding hydrogens is 416 g/mol. The first-order valence-corrected chi connectivity index (χ1v) is 12.0. The summed E-state index contributed by atoms with van der Waals surface area (Å²) in [5.41, 5.74) is 5.30. The maximum Gasteiger partial charge on any atom is 0.253 e. The first kappa shape index (κ1) is 21.5. The van der Waals surface area contributed by atoms with Crippen LogP contribution in [0.5, 0.6) is 5.88 Å². The smallest absolute Gasteiger partial charge is 0.253 e. The predicted molar refractivity (Wildman–Crippen MR) is 116 cm³/mol. The zero-order valence-electron chi connectivity index (χ0n) is 18.0. The number of amides is 1. The minimum atomic E-state index is -4.12. The summed E-state index contributed by atoms with van der Waals surface area (Å²) < 4.78 is 32.6. The molecule has 1 aliphatic heterocycles. The second-order valence-electron chi connectivity index (χ2n) is 9.18. The number of nitrogens with two attached hydrogens (primary N) is 1. The average Bonchev–Trinajstić information content (AvgIpc) is 3.49. The van der Waals surface area contributed by atoms with Crippen LogP contribution in [0.3, 0.4) is 0 Å². The van der Waals surface area contributed by atoms with Crippen LogP contribution in [0.4, 0.5) is 5.82 Å². The number of hydrogen-bond acceptors (Lipinski definition) is 7. The van der Waals surface area contributed by atoms with E-state index in [0.717, 1.165) is 19.3 Å². The number of primary amides is 1. The van der Waals surface area contributed by atoms with Crippen LogP contribution in [-0.4, -0.2) is 43.0 Å². The number of aromatic nitrogens is 2. The van der Waals surface area contributed by atoms with Gasteiger partial charge in [0.1, 0.15) is 11.4 Å². The van der Waals surface area contributed by atoms with E-state index in [1.165, 1.54) is 18.3 Å². The lowest BCUT2D eigenvalue weighted by molar-refractivity contribution is 0.0997. The zero-order chi connectivity index (χ0) is 22.4. The molecule has 166 valence electrons. The molecule has 2 aromatic rings. The lowest BCUT2D eigenvalue weighted by atomic mass is 9.97. The zero-order valence-corrected chi connectivity index (χ0v) is 18.9. The number of anilines is 1. The van der Waals surface area contributed by atoms with Crippen LogP contribution in [0, 0.1) is 11.8 Å². The summed E-state index contributed by atoms with van der Waals surface area (Å²) >= 11 is 0. The van der Waals surface area contributed by atoms with Gasteiger partial charge in [0.15, 0.2) is 5.03 Å². The Bertz CT molecular complexity index is 1110. The number of ether oxygens (including phenoxy) is 1. The van der Waals surface area contributed by atoms with Crippen molar-refractivity contribution in [2.45, 2.75) is 55.5 Å². The van der Waals surface area contributed by atoms with E-state index in [1.807, 2.05) is 18.7 Å². The maximum absolute atomic E-state index is 13.5. The van der Waals surface area contributed by atoms with Crippen molar-refractivity contribution in [2.24, 2.45) is 17.6 Å². The van der Waals surface area contributed by atoms with Gasteiger partial charge in [0, 0.05) is 24.3 Å². The predicted octanol–water partition coefficient (Wildman–Crippen LogP) is 2.82. The van der Waals surface area contributed by atoms with Gasteiger partial charge in [-0.15, -0.1) is 0 Å². The van der Waals surface area contributed by atoms with Gasteiger partial charge >= 0.3 is 0 Å². The van der Waals surface area contributed by atoms with E-state index in [0.29, 0.717) is 30.8 Å². The Morgan fingerprint density at radius 2 is 2.03 bits per heavy atom. The van der Waals surface area contributed by atoms with E-state index in [4.69, 9.17) is 10.5 Å². The van der Waals surface area contributed by atoms with E-state index in [9.17, 15) is 13.2 Å². The Morgan fingerprint density at radius 1 is 1.29 bits per heavy atom. The van der Waals surface area contributed by atoms with Gasteiger partial charge in [0.2, 0.25) is 15.7 Å². The number of carbonyl (C=O) groups is 1. The lowest BCUT2D eigenvalue weighted by Crippen LogP contribution is -2.40. The highest BCUT2D eigenvalue weighted by molar-refractivity contribution is 7.91. The van der Waals surface area contributed by atoms with Crippen molar-refractivity contribution in [3.63, 3.8) is 0 Å². The summed E-state index contributed by atoms with van der Waals surface area (Å²) in [6, 6.07) is 5.92. The molecule has 3 heterocycles. The highest BCUT2D eigenvalue weighted by atomic mass is 32.2. The van der Waals surface area contributed by atoms with Crippen LogP contribution in [0.25, 0.3) is 0 Å². The Hall–Kier alpha value is -2.68. The van der Waals surface area contributed by atoms with Gasteiger partial charge < -0.3 is 15.4 Å². The molecule has 2 aliphatic rings. The fourth-order valence-corrected chi connectivity index (χ4v) is 5.67. The minimum absolute atomic E-state index is 0.101. The molecule has 1 unspecified atom stereocenters. The number of pyridine rings is 2. The largest absolute Gasteiger partial charge is 0.477 e. The van der Waals surface area contributed by atoms with E-state index in [1.54, 1.807) is 12.1 Å². The number of sulfone groups is 1. The van der Waals surface area contributed by atoms with E-state index < -0.39 is 15.7 Å². The van der Waals surface area contributed by atoms with Crippen molar-refractivity contribution in [3.05, 3.63) is 36.0 Å². The number of carbonyl (C=O) groups excluding carboxylic acids is 1. The molecule has 4 rings (SSSR count). The van der Waals surface area contributed by atoms with Crippen molar-refractivity contribution >= 4 is 21.6 Å². The molecule has 31 heavy (non-hydrogen) atoms. The summed E-state index contributed by atoms with van der Waals surface area (Å²) in [5.74, 6) is 0.594. The highest BCUT2D eigenvalue weighted by Gasteiger charge is 2.40. The van der Waals surface area contributed by atoms with Gasteiger partial charge in [-0.05, 0) is 57.1 Å². The first-order chi connectivity index (χ1) is 14.6. The third kappa shape index (κ3) is 4.23. The summed E-state index contributed by atoms with van der Waals surface area (Å²) in [6.07, 6.45) is 4.53. The molecule has 1 aliphatic carbocycles. The molecule has 9 heteroatoms. The van der Waals surface area contributed by atoms with Gasteiger partial charge in [-0.25, -0.2) is 18.4 Å². The molecule has 1 saturated carbocycles. The normalized spacial score (nSPS) is 20.6.